The predicted molar refractivity (Wildman–Crippen MR) is 152 cm³/mol. The van der Waals surface area contributed by atoms with E-state index in [2.05, 4.69) is 30.9 Å². The molecule has 3 aromatic rings. The molecule has 3 rings (SSSR count). The molecular weight excluding hydrogens is 546 g/mol. The highest BCUT2D eigenvalue weighted by Crippen LogP contribution is 2.19. The van der Waals surface area contributed by atoms with Crippen molar-refractivity contribution in [3.05, 3.63) is 54.2 Å². The molecule has 0 aliphatic heterocycles. The second-order valence-corrected chi connectivity index (χ2v) is 10.2. The molecule has 0 radical (unpaired) electrons. The first-order valence-electron chi connectivity index (χ1n) is 13.6. The number of para-hydroxylation sites is 1. The fourth-order valence-corrected chi connectivity index (χ4v) is 4.48. The molecule has 0 spiro atoms. The Morgan fingerprint density at radius 3 is 2.29 bits per heavy atom. The van der Waals surface area contributed by atoms with Gasteiger partial charge in [0.25, 0.3) is 0 Å². The van der Waals surface area contributed by atoms with Gasteiger partial charge in [0, 0.05) is 48.3 Å². The fourth-order valence-electron chi connectivity index (χ4n) is 4.48. The molecule has 0 aliphatic carbocycles. The number of nitrogens with zero attached hydrogens (tertiary/aromatic N) is 1. The summed E-state index contributed by atoms with van der Waals surface area (Å²) in [6, 6.07) is 2.54. The highest BCUT2D eigenvalue weighted by Gasteiger charge is 2.32. The van der Waals surface area contributed by atoms with Crippen LogP contribution in [0.1, 0.15) is 44.4 Å². The summed E-state index contributed by atoms with van der Waals surface area (Å²) >= 11 is 0. The van der Waals surface area contributed by atoms with E-state index in [0.29, 0.717) is 17.7 Å². The van der Waals surface area contributed by atoms with Crippen LogP contribution in [0.3, 0.4) is 0 Å². The molecule has 226 valence electrons. The van der Waals surface area contributed by atoms with Gasteiger partial charge in [-0.15, -0.1) is 0 Å². The number of aliphatic carboxylic acids is 2. The molecule has 0 saturated heterocycles. The Morgan fingerprint density at radius 1 is 0.952 bits per heavy atom. The number of H-pyrrole nitrogens is 2. The third kappa shape index (κ3) is 8.64. The maximum atomic E-state index is 13.6. The first-order chi connectivity index (χ1) is 20.0. The Hall–Kier alpha value is -4.72. The van der Waals surface area contributed by atoms with Crippen LogP contribution in [0.5, 0.6) is 0 Å². The molecule has 3 amide bonds. The number of carboxylic acids is 2. The van der Waals surface area contributed by atoms with Crippen LogP contribution in [0.25, 0.3) is 10.9 Å². The van der Waals surface area contributed by atoms with E-state index < -0.39 is 66.2 Å². The average molecular weight is 584 g/mol. The fraction of sp³-hybridized carbons (Fsp3) is 0.429. The highest BCUT2D eigenvalue weighted by atomic mass is 16.4. The van der Waals surface area contributed by atoms with Gasteiger partial charge in [-0.1, -0.05) is 38.5 Å². The summed E-state index contributed by atoms with van der Waals surface area (Å²) in [5.41, 5.74) is 8.24. The van der Waals surface area contributed by atoms with Gasteiger partial charge in [-0.3, -0.25) is 19.2 Å². The molecule has 9 N–H and O–H groups in total. The highest BCUT2D eigenvalue weighted by molar-refractivity contribution is 5.95. The third-order valence-electron chi connectivity index (χ3n) is 7.12. The zero-order valence-electron chi connectivity index (χ0n) is 23.4. The van der Waals surface area contributed by atoms with Crippen LogP contribution in [0.2, 0.25) is 0 Å². The molecule has 14 heteroatoms. The van der Waals surface area contributed by atoms with Crippen LogP contribution >= 0.6 is 0 Å². The third-order valence-corrected chi connectivity index (χ3v) is 7.12. The van der Waals surface area contributed by atoms with E-state index in [0.717, 1.165) is 10.9 Å². The van der Waals surface area contributed by atoms with E-state index in [9.17, 15) is 34.2 Å². The van der Waals surface area contributed by atoms with Crippen molar-refractivity contribution in [2.45, 2.75) is 70.1 Å². The van der Waals surface area contributed by atoms with Gasteiger partial charge < -0.3 is 41.9 Å². The van der Waals surface area contributed by atoms with E-state index in [1.807, 2.05) is 24.3 Å². The Balaban J connectivity index is 1.84. The number of carbonyl (C=O) groups is 5. The molecule has 5 unspecified atom stereocenters. The van der Waals surface area contributed by atoms with Gasteiger partial charge >= 0.3 is 11.9 Å². The van der Waals surface area contributed by atoms with Gasteiger partial charge in [-0.25, -0.2) is 9.78 Å². The monoisotopic (exact) mass is 583 g/mol. The minimum Gasteiger partial charge on any atom is -0.481 e. The lowest BCUT2D eigenvalue weighted by molar-refractivity contribution is -0.144. The molecule has 5 atom stereocenters. The van der Waals surface area contributed by atoms with Crippen molar-refractivity contribution in [3.8, 4) is 0 Å². The number of aromatic amines is 2. The maximum absolute atomic E-state index is 13.6. The van der Waals surface area contributed by atoms with Crippen molar-refractivity contribution >= 4 is 40.6 Å². The average Bonchev–Trinajstić information content (AvgIpc) is 3.62. The summed E-state index contributed by atoms with van der Waals surface area (Å²) in [5.74, 6) is -5.11. The quantitative estimate of drug-likeness (QED) is 0.117. The Bertz CT molecular complexity index is 1390. The standard InChI is InChI=1S/C28H37N7O7/c1-3-15(2)24(28(41)42)35-26(39)21(8-9-23(36)37)33-27(40)22(10-16-12-31-20-7-5-4-6-18(16)20)34-25(38)19(29)11-17-13-30-14-32-17/h4-7,12-15,19,21-22,24,31H,3,8-11,29H2,1-2H3,(H,30,32)(H,33,40)(H,34,38)(H,35,39)(H,36,37)(H,41,42). The summed E-state index contributed by atoms with van der Waals surface area (Å²) in [4.78, 5) is 72.8. The SMILES string of the molecule is CCC(C)C(NC(=O)C(CCC(=O)O)NC(=O)C(Cc1c[nH]c2ccccc12)NC(=O)C(N)Cc1cnc[nH]1)C(=O)O. The summed E-state index contributed by atoms with van der Waals surface area (Å²) in [7, 11) is 0. The minimum absolute atomic E-state index is 0.0241. The number of imidazole rings is 1. The topological polar surface area (TPSA) is 232 Å². The molecule has 0 aliphatic rings. The van der Waals surface area contributed by atoms with Gasteiger partial charge in [0.1, 0.15) is 18.1 Å². The second-order valence-electron chi connectivity index (χ2n) is 10.2. The van der Waals surface area contributed by atoms with Crippen molar-refractivity contribution in [1.82, 2.24) is 30.9 Å². The maximum Gasteiger partial charge on any atom is 0.326 e. The van der Waals surface area contributed by atoms with Gasteiger partial charge in [-0.2, -0.15) is 0 Å². The van der Waals surface area contributed by atoms with Crippen molar-refractivity contribution in [3.63, 3.8) is 0 Å². The van der Waals surface area contributed by atoms with Crippen LogP contribution in [0.15, 0.2) is 43.0 Å². The molecule has 0 fully saturated rings. The van der Waals surface area contributed by atoms with Crippen LogP contribution in [-0.2, 0) is 36.8 Å². The van der Waals surface area contributed by atoms with Gasteiger partial charge in [0.2, 0.25) is 17.7 Å². The summed E-state index contributed by atoms with van der Waals surface area (Å²) in [5, 5.41) is 27.3. The molecule has 0 saturated carbocycles. The number of amides is 3. The van der Waals surface area contributed by atoms with E-state index in [4.69, 9.17) is 5.73 Å². The number of nitrogens with one attached hydrogen (secondary N) is 5. The number of nitrogens with two attached hydrogens (primary N) is 1. The number of hydrogen-bond acceptors (Lipinski definition) is 7. The first kappa shape index (κ1) is 31.8. The van der Waals surface area contributed by atoms with Crippen LogP contribution < -0.4 is 21.7 Å². The lowest BCUT2D eigenvalue weighted by atomic mass is 9.98. The Morgan fingerprint density at radius 2 is 1.64 bits per heavy atom. The van der Waals surface area contributed by atoms with Crippen molar-refractivity contribution in [2.24, 2.45) is 11.7 Å². The molecule has 2 aromatic heterocycles. The summed E-state index contributed by atoms with van der Waals surface area (Å²) in [6.07, 6.45) is 4.53. The number of hydrogen-bond donors (Lipinski definition) is 8. The summed E-state index contributed by atoms with van der Waals surface area (Å²) in [6.45, 7) is 3.43. The minimum atomic E-state index is -1.37. The first-order valence-corrected chi connectivity index (χ1v) is 13.6. The van der Waals surface area contributed by atoms with Crippen molar-refractivity contribution < 1.29 is 34.2 Å². The van der Waals surface area contributed by atoms with Crippen molar-refractivity contribution in [1.29, 1.82) is 0 Å². The molecule has 0 bridgehead atoms. The molecule has 42 heavy (non-hydrogen) atoms. The number of rotatable bonds is 16. The Kier molecular flexibility index (Phi) is 11.2. The second kappa shape index (κ2) is 14.8. The number of carboxylic acid groups (broad SMARTS) is 2. The number of aromatic nitrogens is 3. The predicted octanol–water partition coefficient (Wildman–Crippen LogP) is 0.453. The van der Waals surface area contributed by atoms with E-state index >= 15 is 0 Å². The molecule has 14 nitrogen and oxygen atoms in total. The van der Waals surface area contributed by atoms with Gasteiger partial charge in [0.05, 0.1) is 12.4 Å². The lowest BCUT2D eigenvalue weighted by Gasteiger charge is -2.26. The molecule has 2 heterocycles. The smallest absolute Gasteiger partial charge is 0.326 e. The Labute approximate surface area is 241 Å². The van der Waals surface area contributed by atoms with Crippen LogP contribution in [0.4, 0.5) is 0 Å². The summed E-state index contributed by atoms with van der Waals surface area (Å²) < 4.78 is 0. The van der Waals surface area contributed by atoms with Gasteiger partial charge in [-0.05, 0) is 24.0 Å². The largest absolute Gasteiger partial charge is 0.481 e. The van der Waals surface area contributed by atoms with Crippen LogP contribution in [-0.4, -0.2) is 79.0 Å². The van der Waals surface area contributed by atoms with E-state index in [-0.39, 0.29) is 19.3 Å². The van der Waals surface area contributed by atoms with E-state index in [1.165, 1.54) is 12.5 Å². The normalized spacial score (nSPS) is 14.7. The lowest BCUT2D eigenvalue weighted by Crippen LogP contribution is -2.58. The van der Waals surface area contributed by atoms with Crippen LogP contribution in [0, 0.1) is 5.92 Å². The zero-order valence-corrected chi connectivity index (χ0v) is 23.4. The zero-order chi connectivity index (χ0) is 30.8. The van der Waals surface area contributed by atoms with Gasteiger partial charge in [0.15, 0.2) is 0 Å². The van der Waals surface area contributed by atoms with E-state index in [1.54, 1.807) is 20.0 Å². The molecule has 1 aromatic carbocycles. The number of benzene rings is 1. The molecular formula is C28H37N7O7. The number of carbonyl (C=O) groups excluding carboxylic acids is 3. The number of fused-ring (bicyclic) bond motifs is 1. The van der Waals surface area contributed by atoms with Crippen molar-refractivity contribution in [2.75, 3.05) is 0 Å².